The van der Waals surface area contributed by atoms with Crippen molar-refractivity contribution in [3.05, 3.63) is 76.7 Å². The summed E-state index contributed by atoms with van der Waals surface area (Å²) in [7, 11) is -3.73. The van der Waals surface area contributed by atoms with E-state index in [0.717, 1.165) is 10.9 Å². The number of anilines is 1. The summed E-state index contributed by atoms with van der Waals surface area (Å²) in [4.78, 5) is 32.3. The lowest BCUT2D eigenvalue weighted by Gasteiger charge is -2.19. The predicted octanol–water partition coefficient (Wildman–Crippen LogP) is 3.36. The Balaban J connectivity index is 1.78. The minimum Gasteiger partial charge on any atom is -0.322 e. The van der Waals surface area contributed by atoms with E-state index in [1.54, 1.807) is 19.9 Å². The highest BCUT2D eigenvalue weighted by atomic mass is 32.2. The Hall–Kier alpha value is -3.56. The average molecular weight is 451 g/mol. The fourth-order valence-corrected chi connectivity index (χ4v) is 5.12. The van der Waals surface area contributed by atoms with E-state index >= 15 is 0 Å². The van der Waals surface area contributed by atoms with Gasteiger partial charge in [0.25, 0.3) is 5.91 Å². The number of nitrogens with one attached hydrogen (secondary N) is 2. The van der Waals surface area contributed by atoms with Gasteiger partial charge in [0.05, 0.1) is 27.9 Å². The van der Waals surface area contributed by atoms with E-state index in [9.17, 15) is 18.0 Å². The molecule has 0 aliphatic rings. The molecule has 4 aromatic rings. The molecule has 2 heterocycles. The number of fused-ring (bicyclic) bond motifs is 2. The van der Waals surface area contributed by atoms with Crippen LogP contribution in [0.3, 0.4) is 0 Å². The van der Waals surface area contributed by atoms with Crippen LogP contribution in [0.25, 0.3) is 21.8 Å². The van der Waals surface area contributed by atoms with Gasteiger partial charge in [-0.15, -0.1) is 0 Å². The van der Waals surface area contributed by atoms with Crippen molar-refractivity contribution in [3.63, 3.8) is 0 Å². The Labute approximate surface area is 185 Å². The second-order valence-electron chi connectivity index (χ2n) is 7.21. The first-order valence-electron chi connectivity index (χ1n) is 10.2. The SMILES string of the molecule is CCN(CC)S(=O)(=O)c1ccc2[nH]c(=O)cc(C(=O)Nc3cnc4ccccc4c3)c2c1. The Morgan fingerprint density at radius 2 is 1.81 bits per heavy atom. The third-order valence-corrected chi connectivity index (χ3v) is 7.30. The lowest BCUT2D eigenvalue weighted by atomic mass is 10.1. The Bertz CT molecular complexity index is 1490. The summed E-state index contributed by atoms with van der Waals surface area (Å²) < 4.78 is 27.2. The molecule has 9 heteroatoms. The molecule has 0 aliphatic heterocycles. The van der Waals surface area contributed by atoms with Crippen LogP contribution in [0, 0.1) is 0 Å². The lowest BCUT2D eigenvalue weighted by Crippen LogP contribution is -2.30. The number of nitrogens with zero attached hydrogens (tertiary/aromatic N) is 2. The first kappa shape index (κ1) is 21.7. The van der Waals surface area contributed by atoms with Gasteiger partial charge in [0.1, 0.15) is 0 Å². The van der Waals surface area contributed by atoms with Crippen molar-refractivity contribution in [3.8, 4) is 0 Å². The van der Waals surface area contributed by atoms with E-state index in [4.69, 9.17) is 0 Å². The van der Waals surface area contributed by atoms with Crippen molar-refractivity contribution < 1.29 is 13.2 Å². The summed E-state index contributed by atoms with van der Waals surface area (Å²) in [6, 6.07) is 14.8. The minimum atomic E-state index is -3.73. The van der Waals surface area contributed by atoms with Crippen LogP contribution in [-0.2, 0) is 10.0 Å². The number of pyridine rings is 2. The van der Waals surface area contributed by atoms with Crippen molar-refractivity contribution in [1.29, 1.82) is 0 Å². The molecule has 2 aromatic heterocycles. The number of aromatic amines is 1. The number of H-pyrrole nitrogens is 1. The van der Waals surface area contributed by atoms with Gasteiger partial charge in [-0.1, -0.05) is 32.0 Å². The molecule has 164 valence electrons. The van der Waals surface area contributed by atoms with Crippen molar-refractivity contribution >= 4 is 43.4 Å². The van der Waals surface area contributed by atoms with Crippen molar-refractivity contribution in [2.45, 2.75) is 18.7 Å². The molecule has 0 atom stereocenters. The van der Waals surface area contributed by atoms with E-state index in [-0.39, 0.29) is 10.5 Å². The molecule has 0 bridgehead atoms. The van der Waals surface area contributed by atoms with Gasteiger partial charge >= 0.3 is 0 Å². The van der Waals surface area contributed by atoms with E-state index in [0.29, 0.717) is 29.7 Å². The number of sulfonamides is 1. The molecule has 0 spiro atoms. The maximum Gasteiger partial charge on any atom is 0.256 e. The monoisotopic (exact) mass is 450 g/mol. The lowest BCUT2D eigenvalue weighted by molar-refractivity contribution is 0.102. The van der Waals surface area contributed by atoms with Gasteiger partial charge in [-0.05, 0) is 30.3 Å². The molecule has 2 aromatic carbocycles. The molecular weight excluding hydrogens is 428 g/mol. The summed E-state index contributed by atoms with van der Waals surface area (Å²) in [6.45, 7) is 4.17. The Morgan fingerprint density at radius 3 is 2.56 bits per heavy atom. The van der Waals surface area contributed by atoms with E-state index in [1.807, 2.05) is 24.3 Å². The highest BCUT2D eigenvalue weighted by Crippen LogP contribution is 2.24. The van der Waals surface area contributed by atoms with E-state index < -0.39 is 21.5 Å². The highest BCUT2D eigenvalue weighted by Gasteiger charge is 2.23. The predicted molar refractivity (Wildman–Crippen MR) is 124 cm³/mol. The van der Waals surface area contributed by atoms with Gasteiger partial charge in [0, 0.05) is 35.4 Å². The van der Waals surface area contributed by atoms with Gasteiger partial charge in [0.2, 0.25) is 15.6 Å². The van der Waals surface area contributed by atoms with Crippen LogP contribution in [0.2, 0.25) is 0 Å². The number of hydrogen-bond acceptors (Lipinski definition) is 5. The van der Waals surface area contributed by atoms with Gasteiger partial charge in [-0.2, -0.15) is 4.31 Å². The van der Waals surface area contributed by atoms with Crippen LogP contribution < -0.4 is 10.9 Å². The van der Waals surface area contributed by atoms with Crippen molar-refractivity contribution in [2.24, 2.45) is 0 Å². The maximum atomic E-state index is 13.1. The maximum absolute atomic E-state index is 13.1. The third kappa shape index (κ3) is 4.00. The number of benzene rings is 2. The average Bonchev–Trinajstić information content (AvgIpc) is 2.78. The van der Waals surface area contributed by atoms with Crippen molar-refractivity contribution in [1.82, 2.24) is 14.3 Å². The summed E-state index contributed by atoms with van der Waals surface area (Å²) in [6.07, 6.45) is 1.53. The molecule has 0 saturated carbocycles. The molecule has 32 heavy (non-hydrogen) atoms. The molecule has 8 nitrogen and oxygen atoms in total. The Kier molecular flexibility index (Phi) is 5.77. The molecule has 2 N–H and O–H groups in total. The van der Waals surface area contributed by atoms with Crippen LogP contribution in [0.15, 0.2) is 70.5 Å². The second-order valence-corrected chi connectivity index (χ2v) is 9.15. The van der Waals surface area contributed by atoms with Gasteiger partial charge < -0.3 is 10.3 Å². The van der Waals surface area contributed by atoms with E-state index in [2.05, 4.69) is 15.3 Å². The zero-order valence-corrected chi connectivity index (χ0v) is 18.4. The zero-order valence-electron chi connectivity index (χ0n) is 17.6. The summed E-state index contributed by atoms with van der Waals surface area (Å²) in [5.74, 6) is -0.532. The van der Waals surface area contributed by atoms with E-state index in [1.165, 1.54) is 34.8 Å². The van der Waals surface area contributed by atoms with Crippen LogP contribution in [0.1, 0.15) is 24.2 Å². The van der Waals surface area contributed by atoms with Gasteiger partial charge in [-0.25, -0.2) is 8.42 Å². The molecule has 0 fully saturated rings. The third-order valence-electron chi connectivity index (χ3n) is 5.25. The largest absolute Gasteiger partial charge is 0.322 e. The van der Waals surface area contributed by atoms with Crippen LogP contribution >= 0.6 is 0 Å². The number of hydrogen-bond donors (Lipinski definition) is 2. The fraction of sp³-hybridized carbons (Fsp3) is 0.174. The number of carbonyl (C=O) groups is 1. The standard InChI is InChI=1S/C23H22N4O4S/c1-3-27(4-2)32(30,31)17-9-10-21-18(12-17)19(13-22(28)26-21)23(29)25-16-11-15-7-5-6-8-20(15)24-14-16/h5-14H,3-4H2,1-2H3,(H,25,29)(H,26,28). The number of rotatable bonds is 6. The first-order valence-corrected chi connectivity index (χ1v) is 11.6. The van der Waals surface area contributed by atoms with Gasteiger partial charge in [0.15, 0.2) is 0 Å². The molecule has 4 rings (SSSR count). The van der Waals surface area contributed by atoms with Crippen LogP contribution in [-0.4, -0.2) is 41.7 Å². The van der Waals surface area contributed by atoms with Crippen LogP contribution in [0.5, 0.6) is 0 Å². The minimum absolute atomic E-state index is 0.0576. The number of amides is 1. The molecule has 0 unspecified atom stereocenters. The summed E-state index contributed by atoms with van der Waals surface area (Å²) in [5.41, 5.74) is 1.25. The second kappa shape index (κ2) is 8.52. The molecule has 0 aliphatic carbocycles. The number of aromatic nitrogens is 2. The van der Waals surface area contributed by atoms with Crippen LogP contribution in [0.4, 0.5) is 5.69 Å². The van der Waals surface area contributed by atoms with Crippen molar-refractivity contribution in [2.75, 3.05) is 18.4 Å². The smallest absolute Gasteiger partial charge is 0.256 e. The topological polar surface area (TPSA) is 112 Å². The summed E-state index contributed by atoms with van der Waals surface area (Å²) >= 11 is 0. The first-order chi connectivity index (χ1) is 15.3. The molecular formula is C23H22N4O4S. The number of carbonyl (C=O) groups excluding carboxylic acids is 1. The molecule has 0 saturated heterocycles. The molecule has 0 radical (unpaired) electrons. The normalized spacial score (nSPS) is 11.8. The van der Waals surface area contributed by atoms with Gasteiger partial charge in [-0.3, -0.25) is 14.6 Å². The highest BCUT2D eigenvalue weighted by molar-refractivity contribution is 7.89. The number of para-hydroxylation sites is 1. The Morgan fingerprint density at radius 1 is 1.06 bits per heavy atom. The molecule has 1 amide bonds. The quantitative estimate of drug-likeness (QED) is 0.468. The summed E-state index contributed by atoms with van der Waals surface area (Å²) in [5, 5.41) is 3.95. The fourth-order valence-electron chi connectivity index (χ4n) is 3.63. The zero-order chi connectivity index (χ0) is 22.9.